The SMILES string of the molecule is CC(C)(C)OC(=O)N1Cc2c(Cl)ncc(Nc3ccc(N4CCCCC4)cn3)c2C1=O. The highest BCUT2D eigenvalue weighted by atomic mass is 35.5. The van der Waals surface area contributed by atoms with Crippen LogP contribution in [0, 0.1) is 0 Å². The van der Waals surface area contributed by atoms with Gasteiger partial charge in [0.25, 0.3) is 5.91 Å². The normalized spacial score (nSPS) is 16.3. The van der Waals surface area contributed by atoms with Crippen molar-refractivity contribution in [1.29, 1.82) is 0 Å². The van der Waals surface area contributed by atoms with Gasteiger partial charge in [-0.25, -0.2) is 19.7 Å². The van der Waals surface area contributed by atoms with Crippen LogP contribution in [0.5, 0.6) is 0 Å². The van der Waals surface area contributed by atoms with E-state index in [1.807, 2.05) is 18.3 Å². The highest BCUT2D eigenvalue weighted by Crippen LogP contribution is 2.35. The highest BCUT2D eigenvalue weighted by Gasteiger charge is 2.38. The molecular weight excluding hydrogens is 418 g/mol. The molecule has 31 heavy (non-hydrogen) atoms. The van der Waals surface area contributed by atoms with E-state index in [1.54, 1.807) is 20.8 Å². The topological polar surface area (TPSA) is 87.7 Å². The predicted molar refractivity (Wildman–Crippen MR) is 119 cm³/mol. The van der Waals surface area contributed by atoms with Crippen LogP contribution in [-0.2, 0) is 11.3 Å². The first kappa shape index (κ1) is 21.4. The van der Waals surface area contributed by atoms with Crippen LogP contribution in [0.25, 0.3) is 0 Å². The third-order valence-corrected chi connectivity index (χ3v) is 5.57. The Bertz CT molecular complexity index is 997. The number of pyridine rings is 2. The molecule has 0 radical (unpaired) electrons. The zero-order valence-corrected chi connectivity index (χ0v) is 18.7. The van der Waals surface area contributed by atoms with Crippen molar-refractivity contribution in [2.24, 2.45) is 0 Å². The molecule has 0 saturated carbocycles. The number of halogens is 1. The zero-order valence-electron chi connectivity index (χ0n) is 17.9. The number of ether oxygens (including phenoxy) is 1. The lowest BCUT2D eigenvalue weighted by Crippen LogP contribution is -2.37. The summed E-state index contributed by atoms with van der Waals surface area (Å²) in [6.45, 7) is 7.35. The number of carbonyl (C=O) groups is 2. The molecule has 2 aliphatic heterocycles. The van der Waals surface area contributed by atoms with E-state index >= 15 is 0 Å². The summed E-state index contributed by atoms with van der Waals surface area (Å²) in [5.41, 5.74) is 1.63. The molecule has 2 aromatic heterocycles. The van der Waals surface area contributed by atoms with Gasteiger partial charge in [-0.15, -0.1) is 0 Å². The number of carbonyl (C=O) groups excluding carboxylic acids is 2. The van der Waals surface area contributed by atoms with E-state index in [0.29, 0.717) is 22.6 Å². The van der Waals surface area contributed by atoms with Gasteiger partial charge in [-0.2, -0.15) is 0 Å². The Balaban J connectivity index is 1.55. The smallest absolute Gasteiger partial charge is 0.417 e. The van der Waals surface area contributed by atoms with Crippen LogP contribution in [0.1, 0.15) is 56.0 Å². The maximum Gasteiger partial charge on any atom is 0.417 e. The van der Waals surface area contributed by atoms with Crippen molar-refractivity contribution in [1.82, 2.24) is 14.9 Å². The van der Waals surface area contributed by atoms with Crippen LogP contribution in [0.2, 0.25) is 5.15 Å². The molecule has 1 N–H and O–H groups in total. The zero-order chi connectivity index (χ0) is 22.2. The number of imide groups is 1. The molecule has 1 fully saturated rings. The van der Waals surface area contributed by atoms with Gasteiger partial charge in [0.2, 0.25) is 0 Å². The minimum absolute atomic E-state index is 0.0196. The molecule has 2 aromatic rings. The van der Waals surface area contributed by atoms with Crippen molar-refractivity contribution in [3.8, 4) is 0 Å². The number of hydrogen-bond acceptors (Lipinski definition) is 7. The second kappa shape index (κ2) is 8.34. The van der Waals surface area contributed by atoms with Gasteiger partial charge in [0.1, 0.15) is 16.6 Å². The Morgan fingerprint density at radius 3 is 2.52 bits per heavy atom. The summed E-state index contributed by atoms with van der Waals surface area (Å²) < 4.78 is 5.36. The van der Waals surface area contributed by atoms with Gasteiger partial charge in [-0.3, -0.25) is 4.79 Å². The van der Waals surface area contributed by atoms with E-state index in [2.05, 4.69) is 20.2 Å². The third-order valence-electron chi connectivity index (χ3n) is 5.25. The maximum atomic E-state index is 13.0. The summed E-state index contributed by atoms with van der Waals surface area (Å²) in [5.74, 6) is 0.108. The molecule has 4 rings (SSSR count). The molecule has 4 heterocycles. The molecule has 9 heteroatoms. The first-order valence-corrected chi connectivity index (χ1v) is 10.8. The average Bonchev–Trinajstić information content (AvgIpc) is 3.09. The van der Waals surface area contributed by atoms with Crippen LogP contribution in [0.4, 0.5) is 22.0 Å². The van der Waals surface area contributed by atoms with Gasteiger partial charge >= 0.3 is 6.09 Å². The molecule has 0 bridgehead atoms. The Morgan fingerprint density at radius 2 is 1.87 bits per heavy atom. The van der Waals surface area contributed by atoms with Crippen LogP contribution in [-0.4, -0.2) is 45.6 Å². The van der Waals surface area contributed by atoms with E-state index < -0.39 is 17.6 Å². The fourth-order valence-corrected chi connectivity index (χ4v) is 3.98. The van der Waals surface area contributed by atoms with Crippen molar-refractivity contribution in [3.05, 3.63) is 40.8 Å². The van der Waals surface area contributed by atoms with Crippen molar-refractivity contribution in [3.63, 3.8) is 0 Å². The molecule has 1 saturated heterocycles. The first-order chi connectivity index (χ1) is 14.7. The van der Waals surface area contributed by atoms with E-state index in [9.17, 15) is 9.59 Å². The van der Waals surface area contributed by atoms with Gasteiger partial charge in [0.15, 0.2) is 0 Å². The fraction of sp³-hybridized carbons (Fsp3) is 0.455. The summed E-state index contributed by atoms with van der Waals surface area (Å²) in [4.78, 5) is 37.5. The number of nitrogens with one attached hydrogen (secondary N) is 1. The summed E-state index contributed by atoms with van der Waals surface area (Å²) in [6, 6.07) is 3.88. The van der Waals surface area contributed by atoms with E-state index in [0.717, 1.165) is 23.7 Å². The van der Waals surface area contributed by atoms with Gasteiger partial charge in [0, 0.05) is 18.7 Å². The van der Waals surface area contributed by atoms with Crippen molar-refractivity contribution in [2.45, 2.75) is 52.2 Å². The highest BCUT2D eigenvalue weighted by molar-refractivity contribution is 6.31. The number of aromatic nitrogens is 2. The van der Waals surface area contributed by atoms with Gasteiger partial charge in [-0.1, -0.05) is 11.6 Å². The lowest BCUT2D eigenvalue weighted by molar-refractivity contribution is 0.0248. The monoisotopic (exact) mass is 443 g/mol. The van der Waals surface area contributed by atoms with Crippen LogP contribution < -0.4 is 10.2 Å². The predicted octanol–water partition coefficient (Wildman–Crippen LogP) is 4.75. The summed E-state index contributed by atoms with van der Waals surface area (Å²) in [7, 11) is 0. The number of anilines is 3. The van der Waals surface area contributed by atoms with Crippen LogP contribution >= 0.6 is 11.6 Å². The molecule has 0 unspecified atom stereocenters. The number of rotatable bonds is 3. The molecule has 0 aliphatic carbocycles. The van der Waals surface area contributed by atoms with Crippen LogP contribution in [0.15, 0.2) is 24.5 Å². The molecular formula is C22H26ClN5O3. The summed E-state index contributed by atoms with van der Waals surface area (Å²) >= 11 is 6.23. The molecule has 0 aromatic carbocycles. The van der Waals surface area contributed by atoms with E-state index in [4.69, 9.17) is 16.3 Å². The lowest BCUT2D eigenvalue weighted by Gasteiger charge is -2.28. The van der Waals surface area contributed by atoms with Crippen molar-refractivity contribution < 1.29 is 14.3 Å². The minimum atomic E-state index is -0.713. The Kier molecular flexibility index (Phi) is 5.75. The maximum absolute atomic E-state index is 13.0. The minimum Gasteiger partial charge on any atom is -0.443 e. The average molecular weight is 444 g/mol. The molecule has 0 atom stereocenters. The van der Waals surface area contributed by atoms with Gasteiger partial charge < -0.3 is 15.0 Å². The second-order valence-electron chi connectivity index (χ2n) is 8.76. The molecule has 2 aliphatic rings. The largest absolute Gasteiger partial charge is 0.443 e. The first-order valence-electron chi connectivity index (χ1n) is 10.4. The van der Waals surface area contributed by atoms with Crippen LogP contribution in [0.3, 0.4) is 0 Å². The number of nitrogens with zero attached hydrogens (tertiary/aromatic N) is 4. The Labute approximate surface area is 186 Å². The summed E-state index contributed by atoms with van der Waals surface area (Å²) in [6.07, 6.45) is 6.26. The molecule has 0 spiro atoms. The van der Waals surface area contributed by atoms with E-state index in [1.165, 1.54) is 25.5 Å². The fourth-order valence-electron chi connectivity index (χ4n) is 3.78. The Hall–Kier alpha value is -2.87. The second-order valence-corrected chi connectivity index (χ2v) is 9.12. The number of amides is 2. The lowest BCUT2D eigenvalue weighted by atomic mass is 10.1. The Morgan fingerprint density at radius 1 is 1.13 bits per heavy atom. The standard InChI is InChI=1S/C22H26ClN5O3/c1-22(2,3)31-21(30)28-13-15-18(20(28)29)16(12-25-19(15)23)26-17-8-7-14(11-24-17)27-9-5-4-6-10-27/h7-8,11-12H,4-6,9-10,13H2,1-3H3,(H,24,26). The van der Waals surface area contributed by atoms with Gasteiger partial charge in [-0.05, 0) is 52.2 Å². The van der Waals surface area contributed by atoms with Crippen molar-refractivity contribution in [2.75, 3.05) is 23.3 Å². The van der Waals surface area contributed by atoms with Crippen molar-refractivity contribution >= 4 is 40.8 Å². The molecule has 2 amide bonds. The number of piperidine rings is 1. The number of hydrogen-bond donors (Lipinski definition) is 1. The molecule has 8 nitrogen and oxygen atoms in total. The third kappa shape index (κ3) is 4.58. The quantitative estimate of drug-likeness (QED) is 0.684. The summed E-state index contributed by atoms with van der Waals surface area (Å²) in [5, 5.41) is 3.34. The molecule has 164 valence electrons. The number of fused-ring (bicyclic) bond motifs is 1. The van der Waals surface area contributed by atoms with E-state index in [-0.39, 0.29) is 11.7 Å². The van der Waals surface area contributed by atoms with Gasteiger partial charge in [0.05, 0.1) is 35.9 Å².